The van der Waals surface area contributed by atoms with E-state index >= 15 is 0 Å². The molecule has 55 heavy (non-hydrogen) atoms. The SMILES string of the molecule is NC(=N/C(=C\Cc1ccc2c(c1)c1ccccc1c1cccc(-c3ccc4c(c3)c3ccccc3n4-c3ccccc3)c12)c1ccccc1)c1ccccc1. The number of aliphatic imine (C=N–C) groups is 1. The summed E-state index contributed by atoms with van der Waals surface area (Å²) in [6, 6.07) is 69.2. The van der Waals surface area contributed by atoms with Crippen LogP contribution in [0.4, 0.5) is 0 Å². The Morgan fingerprint density at radius 2 is 1.07 bits per heavy atom. The fraction of sp³-hybridized carbons (Fsp3) is 0.0192. The van der Waals surface area contributed by atoms with Gasteiger partial charge in [0.25, 0.3) is 0 Å². The molecular weight excluding hydrogens is 667 g/mol. The van der Waals surface area contributed by atoms with Gasteiger partial charge in [0.1, 0.15) is 5.84 Å². The molecule has 10 rings (SSSR count). The van der Waals surface area contributed by atoms with Crippen molar-refractivity contribution in [2.75, 3.05) is 0 Å². The minimum atomic E-state index is 0.502. The molecule has 0 radical (unpaired) electrons. The van der Waals surface area contributed by atoms with Gasteiger partial charge in [-0.2, -0.15) is 0 Å². The monoisotopic (exact) mass is 703 g/mol. The van der Waals surface area contributed by atoms with Gasteiger partial charge in [0.2, 0.25) is 0 Å². The van der Waals surface area contributed by atoms with Gasteiger partial charge in [-0.1, -0.05) is 170 Å². The number of fused-ring (bicyclic) bond motifs is 9. The van der Waals surface area contributed by atoms with Crippen molar-refractivity contribution in [2.24, 2.45) is 10.7 Å². The van der Waals surface area contributed by atoms with Crippen LogP contribution in [0.25, 0.3) is 76.6 Å². The number of hydrogen-bond acceptors (Lipinski definition) is 1. The molecule has 0 saturated heterocycles. The van der Waals surface area contributed by atoms with Crippen LogP contribution in [-0.2, 0) is 6.42 Å². The van der Waals surface area contributed by atoms with Crippen molar-refractivity contribution in [2.45, 2.75) is 6.42 Å². The molecule has 0 aliphatic rings. The second-order valence-electron chi connectivity index (χ2n) is 14.1. The lowest BCUT2D eigenvalue weighted by atomic mass is 9.88. The Balaban J connectivity index is 1.13. The molecule has 0 atom stereocenters. The second-order valence-corrected chi connectivity index (χ2v) is 14.1. The number of allylic oxidation sites excluding steroid dienone is 1. The fourth-order valence-corrected chi connectivity index (χ4v) is 8.27. The van der Waals surface area contributed by atoms with Crippen molar-refractivity contribution in [3.8, 4) is 16.8 Å². The van der Waals surface area contributed by atoms with Crippen LogP contribution in [0.5, 0.6) is 0 Å². The normalized spacial score (nSPS) is 12.4. The Morgan fingerprint density at radius 1 is 0.473 bits per heavy atom. The van der Waals surface area contributed by atoms with E-state index < -0.39 is 0 Å². The summed E-state index contributed by atoms with van der Waals surface area (Å²) in [5, 5.41) is 10.0. The lowest BCUT2D eigenvalue weighted by Crippen LogP contribution is -2.13. The van der Waals surface area contributed by atoms with Crippen LogP contribution in [0.3, 0.4) is 0 Å². The lowest BCUT2D eigenvalue weighted by molar-refractivity contribution is 1.18. The van der Waals surface area contributed by atoms with Crippen molar-refractivity contribution in [1.82, 2.24) is 4.57 Å². The maximum Gasteiger partial charge on any atom is 0.131 e. The molecule has 0 spiro atoms. The molecule has 0 saturated carbocycles. The van der Waals surface area contributed by atoms with E-state index in [0.29, 0.717) is 12.3 Å². The summed E-state index contributed by atoms with van der Waals surface area (Å²) in [6.07, 6.45) is 2.91. The summed E-state index contributed by atoms with van der Waals surface area (Å²) in [6.45, 7) is 0. The first-order chi connectivity index (χ1) is 27.2. The summed E-state index contributed by atoms with van der Waals surface area (Å²) in [7, 11) is 0. The lowest BCUT2D eigenvalue weighted by Gasteiger charge is -2.15. The molecule has 10 aromatic rings. The predicted molar refractivity (Wildman–Crippen MR) is 234 cm³/mol. The summed E-state index contributed by atoms with van der Waals surface area (Å²) in [5.74, 6) is 0.502. The van der Waals surface area contributed by atoms with Gasteiger partial charge < -0.3 is 10.3 Å². The van der Waals surface area contributed by atoms with Gasteiger partial charge in [-0.15, -0.1) is 0 Å². The minimum Gasteiger partial charge on any atom is -0.383 e. The zero-order valence-electron chi connectivity index (χ0n) is 30.2. The van der Waals surface area contributed by atoms with Crippen LogP contribution in [0.1, 0.15) is 16.7 Å². The standard InChI is InChI=1S/C52H37N3/c53-52(37-17-6-2-7-18-37)54-48(36-15-4-1-5-16-36)31-28-35-27-30-45-46(33-35)42-22-11-10-21-41(42)44-25-14-24-40(51(44)45)38-29-32-50-47(34-38)43-23-12-13-26-49(43)55(50)39-19-8-3-9-20-39/h1-27,29-34H,28H2,(H2,53,54)/b48-31-. The van der Waals surface area contributed by atoms with Crippen LogP contribution in [0.2, 0.25) is 0 Å². The second kappa shape index (κ2) is 13.6. The van der Waals surface area contributed by atoms with Gasteiger partial charge in [-0.25, -0.2) is 4.99 Å². The quantitative estimate of drug-likeness (QED) is 0.100. The Kier molecular flexibility index (Phi) is 8.04. The molecule has 260 valence electrons. The first kappa shape index (κ1) is 32.4. The third-order valence-electron chi connectivity index (χ3n) is 10.8. The summed E-state index contributed by atoms with van der Waals surface area (Å²) >= 11 is 0. The average molecular weight is 704 g/mol. The maximum absolute atomic E-state index is 6.55. The van der Waals surface area contributed by atoms with Crippen molar-refractivity contribution in [3.05, 3.63) is 217 Å². The van der Waals surface area contributed by atoms with Gasteiger partial charge in [0, 0.05) is 22.0 Å². The van der Waals surface area contributed by atoms with E-state index in [4.69, 9.17) is 10.7 Å². The average Bonchev–Trinajstić information content (AvgIpc) is 3.59. The number of aromatic nitrogens is 1. The molecule has 9 aromatic carbocycles. The van der Waals surface area contributed by atoms with Crippen LogP contribution < -0.4 is 5.73 Å². The smallest absolute Gasteiger partial charge is 0.131 e. The van der Waals surface area contributed by atoms with E-state index in [1.54, 1.807) is 0 Å². The molecule has 3 heteroatoms. The third kappa shape index (κ3) is 5.74. The molecule has 0 unspecified atom stereocenters. The molecule has 0 aliphatic carbocycles. The molecular formula is C52H37N3. The van der Waals surface area contributed by atoms with Crippen LogP contribution >= 0.6 is 0 Å². The predicted octanol–water partition coefficient (Wildman–Crippen LogP) is 12.9. The summed E-state index contributed by atoms with van der Waals surface area (Å²) in [4.78, 5) is 4.94. The van der Waals surface area contributed by atoms with E-state index in [2.05, 4.69) is 156 Å². The zero-order valence-corrected chi connectivity index (χ0v) is 30.2. The molecule has 0 aliphatic heterocycles. The largest absolute Gasteiger partial charge is 0.383 e. The van der Waals surface area contributed by atoms with Gasteiger partial charge in [0.05, 0.1) is 16.7 Å². The number of amidine groups is 1. The minimum absolute atomic E-state index is 0.502. The molecule has 3 nitrogen and oxygen atoms in total. The Labute approximate surface area is 319 Å². The Bertz CT molecular complexity index is 3100. The highest BCUT2D eigenvalue weighted by atomic mass is 15.0. The summed E-state index contributed by atoms with van der Waals surface area (Å²) in [5.41, 5.74) is 16.6. The van der Waals surface area contributed by atoms with E-state index in [1.807, 2.05) is 48.5 Å². The molecule has 0 amide bonds. The highest BCUT2D eigenvalue weighted by Gasteiger charge is 2.17. The topological polar surface area (TPSA) is 43.3 Å². The van der Waals surface area contributed by atoms with Crippen molar-refractivity contribution in [3.63, 3.8) is 0 Å². The summed E-state index contributed by atoms with van der Waals surface area (Å²) < 4.78 is 2.38. The first-order valence-corrected chi connectivity index (χ1v) is 18.8. The number of hydrogen-bond donors (Lipinski definition) is 1. The Morgan fingerprint density at radius 3 is 1.84 bits per heavy atom. The van der Waals surface area contributed by atoms with Gasteiger partial charge in [0.15, 0.2) is 0 Å². The van der Waals surface area contributed by atoms with Crippen molar-refractivity contribution >= 4 is 65.7 Å². The van der Waals surface area contributed by atoms with E-state index in [1.165, 1.54) is 70.8 Å². The maximum atomic E-state index is 6.55. The Hall–Kier alpha value is -7.23. The molecule has 2 N–H and O–H groups in total. The number of benzene rings is 9. The highest BCUT2D eigenvalue weighted by molar-refractivity contribution is 6.28. The molecule has 1 heterocycles. The van der Waals surface area contributed by atoms with Crippen LogP contribution in [0, 0.1) is 0 Å². The first-order valence-electron chi connectivity index (χ1n) is 18.8. The fourth-order valence-electron chi connectivity index (χ4n) is 8.27. The van der Waals surface area contributed by atoms with E-state index in [0.717, 1.165) is 22.5 Å². The highest BCUT2D eigenvalue weighted by Crippen LogP contribution is 2.42. The van der Waals surface area contributed by atoms with Gasteiger partial charge >= 0.3 is 0 Å². The zero-order chi connectivity index (χ0) is 36.7. The molecule has 0 fully saturated rings. The number of rotatable bonds is 7. The van der Waals surface area contributed by atoms with Crippen molar-refractivity contribution in [1.29, 1.82) is 0 Å². The van der Waals surface area contributed by atoms with Crippen molar-refractivity contribution < 1.29 is 0 Å². The van der Waals surface area contributed by atoms with E-state index in [-0.39, 0.29) is 0 Å². The molecule has 0 bridgehead atoms. The number of nitrogens with zero attached hydrogens (tertiary/aromatic N) is 2. The van der Waals surface area contributed by atoms with Gasteiger partial charge in [-0.05, 0) is 91.3 Å². The number of para-hydroxylation sites is 2. The number of nitrogens with two attached hydrogens (primary N) is 1. The molecule has 1 aromatic heterocycles. The van der Waals surface area contributed by atoms with Crippen LogP contribution in [-0.4, -0.2) is 10.4 Å². The van der Waals surface area contributed by atoms with Crippen LogP contribution in [0.15, 0.2) is 205 Å². The third-order valence-corrected chi connectivity index (χ3v) is 10.8. The van der Waals surface area contributed by atoms with E-state index in [9.17, 15) is 0 Å². The van der Waals surface area contributed by atoms with Gasteiger partial charge in [-0.3, -0.25) is 0 Å².